The highest BCUT2D eigenvalue weighted by Crippen LogP contribution is 2.47. The largest absolute Gasteiger partial charge is 0.381 e. The topological polar surface area (TPSA) is 55.3 Å². The lowest BCUT2D eigenvalue weighted by atomic mass is 9.76. The van der Waals surface area contributed by atoms with Gasteiger partial charge in [-0.05, 0) is 37.3 Å². The fraction of sp³-hybridized carbons (Fsp3) is 0.450. The van der Waals surface area contributed by atoms with Gasteiger partial charge in [0, 0.05) is 49.2 Å². The van der Waals surface area contributed by atoms with E-state index in [9.17, 15) is 4.79 Å². The van der Waals surface area contributed by atoms with Gasteiger partial charge in [0.1, 0.15) is 5.82 Å². The number of fused-ring (bicyclic) bond motifs is 2. The summed E-state index contributed by atoms with van der Waals surface area (Å²) in [6, 6.07) is 8.29. The average Bonchev–Trinajstić information content (AvgIpc) is 3.48. The molecule has 3 heterocycles. The molecular weight excluding hydrogens is 314 g/mol. The highest BCUT2D eigenvalue weighted by atomic mass is 16.5. The molecule has 1 aliphatic carbocycles. The van der Waals surface area contributed by atoms with Crippen LogP contribution in [0.3, 0.4) is 0 Å². The average molecular weight is 335 g/mol. The van der Waals surface area contributed by atoms with Crippen molar-refractivity contribution in [3.63, 3.8) is 0 Å². The Bertz CT molecular complexity index is 808. The van der Waals surface area contributed by atoms with Gasteiger partial charge in [0.15, 0.2) is 0 Å². The Kier molecular flexibility index (Phi) is 3.38. The molecule has 0 atom stereocenters. The van der Waals surface area contributed by atoms with Crippen LogP contribution in [0.25, 0.3) is 0 Å². The van der Waals surface area contributed by atoms with Crippen molar-refractivity contribution in [2.75, 3.05) is 24.7 Å². The number of nitrogens with zero attached hydrogens (tertiary/aromatic N) is 3. The molecule has 2 aliphatic heterocycles. The van der Waals surface area contributed by atoms with Crippen LogP contribution in [0.1, 0.15) is 53.3 Å². The van der Waals surface area contributed by atoms with Crippen LogP contribution >= 0.6 is 0 Å². The maximum atomic E-state index is 13.1. The van der Waals surface area contributed by atoms with Crippen molar-refractivity contribution in [2.45, 2.75) is 37.0 Å². The third kappa shape index (κ3) is 2.45. The smallest absolute Gasteiger partial charge is 0.261 e. The normalized spacial score (nSPS) is 21.4. The van der Waals surface area contributed by atoms with E-state index in [4.69, 9.17) is 4.74 Å². The second-order valence-corrected chi connectivity index (χ2v) is 7.41. The molecule has 128 valence electrons. The predicted molar refractivity (Wildman–Crippen MR) is 93.9 cm³/mol. The molecule has 0 N–H and O–H groups in total. The monoisotopic (exact) mass is 335 g/mol. The van der Waals surface area contributed by atoms with Crippen LogP contribution in [0.15, 0.2) is 36.7 Å². The molecule has 2 fully saturated rings. The van der Waals surface area contributed by atoms with Crippen molar-refractivity contribution >= 4 is 11.6 Å². The minimum atomic E-state index is -0.00170. The molecule has 0 bridgehead atoms. The van der Waals surface area contributed by atoms with Crippen molar-refractivity contribution in [3.8, 4) is 0 Å². The van der Waals surface area contributed by atoms with Crippen molar-refractivity contribution < 1.29 is 9.53 Å². The van der Waals surface area contributed by atoms with Gasteiger partial charge in [0.2, 0.25) is 0 Å². The summed E-state index contributed by atoms with van der Waals surface area (Å²) < 4.78 is 5.57. The maximum Gasteiger partial charge on any atom is 0.261 e. The first-order valence-corrected chi connectivity index (χ1v) is 9.08. The number of aromatic nitrogens is 2. The van der Waals surface area contributed by atoms with Gasteiger partial charge in [-0.1, -0.05) is 18.2 Å². The minimum absolute atomic E-state index is 0.00170. The van der Waals surface area contributed by atoms with E-state index in [2.05, 4.69) is 28.2 Å². The Morgan fingerprint density at radius 2 is 1.84 bits per heavy atom. The summed E-state index contributed by atoms with van der Waals surface area (Å²) in [6.07, 6.45) is 7.64. The van der Waals surface area contributed by atoms with Crippen LogP contribution in [0.2, 0.25) is 0 Å². The molecule has 1 aromatic heterocycles. The van der Waals surface area contributed by atoms with E-state index in [1.165, 1.54) is 5.56 Å². The lowest BCUT2D eigenvalue weighted by Crippen LogP contribution is -2.40. The molecule has 5 heteroatoms. The molecule has 3 aliphatic rings. The number of anilines is 1. The van der Waals surface area contributed by atoms with Gasteiger partial charge in [-0.2, -0.15) is 0 Å². The van der Waals surface area contributed by atoms with Crippen LogP contribution in [0, 0.1) is 0 Å². The Hall–Kier alpha value is -2.27. The van der Waals surface area contributed by atoms with Gasteiger partial charge in [0.25, 0.3) is 5.91 Å². The minimum Gasteiger partial charge on any atom is -0.381 e. The lowest BCUT2D eigenvalue weighted by molar-refractivity contribution is 0.0547. The lowest BCUT2D eigenvalue weighted by Gasteiger charge is -2.34. The molecule has 25 heavy (non-hydrogen) atoms. The summed E-state index contributed by atoms with van der Waals surface area (Å²) in [7, 11) is 0. The first-order valence-electron chi connectivity index (χ1n) is 9.08. The number of amides is 1. The summed E-state index contributed by atoms with van der Waals surface area (Å²) >= 11 is 0. The second-order valence-electron chi connectivity index (χ2n) is 7.41. The number of carbonyl (C=O) groups is 1. The van der Waals surface area contributed by atoms with E-state index in [0.717, 1.165) is 57.0 Å². The zero-order valence-electron chi connectivity index (χ0n) is 14.1. The third-order valence-corrected chi connectivity index (χ3v) is 5.78. The van der Waals surface area contributed by atoms with E-state index in [1.54, 1.807) is 12.4 Å². The standard InChI is InChI=1S/C20H21N3O2/c24-19(15-11-21-18(22-12-15)14-5-6-14)23-13-20(7-9-25-10-8-20)16-3-1-2-4-17(16)23/h1-4,11-12,14H,5-10,13H2. The molecule has 1 saturated heterocycles. The molecule has 1 amide bonds. The van der Waals surface area contributed by atoms with Crippen LogP contribution in [0.5, 0.6) is 0 Å². The fourth-order valence-corrected chi connectivity index (χ4v) is 4.16. The van der Waals surface area contributed by atoms with Crippen LogP contribution in [-0.2, 0) is 10.2 Å². The zero-order valence-corrected chi connectivity index (χ0v) is 14.1. The van der Waals surface area contributed by atoms with Gasteiger partial charge in [-0.15, -0.1) is 0 Å². The molecule has 5 nitrogen and oxygen atoms in total. The van der Waals surface area contributed by atoms with Gasteiger partial charge in [-0.25, -0.2) is 9.97 Å². The summed E-state index contributed by atoms with van der Waals surface area (Å²) in [5.74, 6) is 1.37. The molecule has 5 rings (SSSR count). The summed E-state index contributed by atoms with van der Waals surface area (Å²) in [5.41, 5.74) is 2.91. The molecule has 1 saturated carbocycles. The SMILES string of the molecule is O=C(c1cnc(C2CC2)nc1)N1CC2(CCOCC2)c2ccccc21. The predicted octanol–water partition coefficient (Wildman–Crippen LogP) is 3.06. The van der Waals surface area contributed by atoms with Crippen LogP contribution in [0.4, 0.5) is 5.69 Å². The van der Waals surface area contributed by atoms with Crippen LogP contribution < -0.4 is 4.90 Å². The van der Waals surface area contributed by atoms with Gasteiger partial charge < -0.3 is 9.64 Å². The van der Waals surface area contributed by atoms with Crippen LogP contribution in [-0.4, -0.2) is 35.6 Å². The number of hydrogen-bond acceptors (Lipinski definition) is 4. The Morgan fingerprint density at radius 3 is 2.56 bits per heavy atom. The maximum absolute atomic E-state index is 13.1. The fourth-order valence-electron chi connectivity index (χ4n) is 4.16. The number of rotatable bonds is 2. The number of benzene rings is 1. The van der Waals surface area contributed by atoms with E-state index >= 15 is 0 Å². The zero-order chi connectivity index (χ0) is 16.9. The first-order chi connectivity index (χ1) is 12.3. The number of para-hydroxylation sites is 1. The van der Waals surface area contributed by atoms with Gasteiger partial charge in [0.05, 0.1) is 5.56 Å². The van der Waals surface area contributed by atoms with Gasteiger partial charge in [-0.3, -0.25) is 4.79 Å². The van der Waals surface area contributed by atoms with E-state index in [0.29, 0.717) is 11.5 Å². The third-order valence-electron chi connectivity index (χ3n) is 5.78. The highest BCUT2D eigenvalue weighted by molar-refractivity contribution is 6.07. The Morgan fingerprint density at radius 1 is 1.12 bits per heavy atom. The summed E-state index contributed by atoms with van der Waals surface area (Å²) in [4.78, 5) is 23.9. The summed E-state index contributed by atoms with van der Waals surface area (Å²) in [5, 5.41) is 0. The van der Waals surface area contributed by atoms with Crippen molar-refractivity contribution in [1.29, 1.82) is 0 Å². The molecule has 0 radical (unpaired) electrons. The molecule has 1 aromatic carbocycles. The van der Waals surface area contributed by atoms with Gasteiger partial charge >= 0.3 is 0 Å². The van der Waals surface area contributed by atoms with E-state index < -0.39 is 0 Å². The first kappa shape index (κ1) is 15.0. The molecule has 2 aromatic rings. The van der Waals surface area contributed by atoms with E-state index in [-0.39, 0.29) is 11.3 Å². The van der Waals surface area contributed by atoms with E-state index in [1.807, 2.05) is 11.0 Å². The number of hydrogen-bond donors (Lipinski definition) is 0. The highest BCUT2D eigenvalue weighted by Gasteiger charge is 2.45. The Balaban J connectivity index is 1.48. The Labute approximate surface area is 147 Å². The number of carbonyl (C=O) groups excluding carboxylic acids is 1. The quantitative estimate of drug-likeness (QED) is 0.846. The summed E-state index contributed by atoms with van der Waals surface area (Å²) in [6.45, 7) is 2.24. The van der Waals surface area contributed by atoms with Crippen molar-refractivity contribution in [3.05, 3.63) is 53.6 Å². The molecule has 1 spiro atoms. The second kappa shape index (κ2) is 5.63. The number of ether oxygens (including phenoxy) is 1. The molecule has 0 unspecified atom stereocenters. The molecular formula is C20H21N3O2. The van der Waals surface area contributed by atoms with Crippen molar-refractivity contribution in [1.82, 2.24) is 9.97 Å². The van der Waals surface area contributed by atoms with Crippen molar-refractivity contribution in [2.24, 2.45) is 0 Å².